The van der Waals surface area contributed by atoms with Crippen molar-refractivity contribution in [1.29, 1.82) is 5.26 Å². The van der Waals surface area contributed by atoms with Crippen molar-refractivity contribution in [3.8, 4) is 6.07 Å². The lowest BCUT2D eigenvalue weighted by Crippen LogP contribution is -2.61. The van der Waals surface area contributed by atoms with Crippen LogP contribution in [0.3, 0.4) is 0 Å². The van der Waals surface area contributed by atoms with Gasteiger partial charge in [0.15, 0.2) is 0 Å². The molecule has 25 heavy (non-hydrogen) atoms. The number of piperidine rings is 1. The average molecular weight is 340 g/mol. The summed E-state index contributed by atoms with van der Waals surface area (Å²) in [5, 5.41) is 19.0. The smallest absolute Gasteiger partial charge is 0.267 e. The molecule has 0 saturated carbocycles. The summed E-state index contributed by atoms with van der Waals surface area (Å²) < 4.78 is 0. The van der Waals surface area contributed by atoms with Gasteiger partial charge >= 0.3 is 0 Å². The Bertz CT molecular complexity index is 679. The van der Waals surface area contributed by atoms with Crippen LogP contribution in [0.25, 0.3) is 0 Å². The fourth-order valence-electron chi connectivity index (χ4n) is 3.63. The Kier molecular flexibility index (Phi) is 5.54. The van der Waals surface area contributed by atoms with Gasteiger partial charge < -0.3 is 16.0 Å². The highest BCUT2D eigenvalue weighted by molar-refractivity contribution is 6.06. The minimum Gasteiger partial charge on any atom is -0.387 e. The molecule has 0 unspecified atom stereocenters. The van der Waals surface area contributed by atoms with Crippen LogP contribution in [-0.2, 0) is 4.79 Å². The van der Waals surface area contributed by atoms with Crippen LogP contribution in [0.5, 0.6) is 0 Å². The Labute approximate surface area is 150 Å². The number of amides is 1. The first kappa shape index (κ1) is 19.0. The summed E-state index contributed by atoms with van der Waals surface area (Å²) in [5.41, 5.74) is 1.89. The molecule has 0 aliphatic carbocycles. The van der Waals surface area contributed by atoms with Crippen molar-refractivity contribution < 1.29 is 4.79 Å². The number of aryl methyl sites for hydroxylation is 1. The maximum atomic E-state index is 12.3. The molecule has 0 atom stereocenters. The quantitative estimate of drug-likeness (QED) is 0.581. The first-order valence-corrected chi connectivity index (χ1v) is 8.64. The second-order valence-electron chi connectivity index (χ2n) is 8.15. The van der Waals surface area contributed by atoms with E-state index in [-0.39, 0.29) is 22.7 Å². The molecule has 1 heterocycles. The van der Waals surface area contributed by atoms with Gasteiger partial charge in [-0.15, -0.1) is 0 Å². The SMILES string of the molecule is Cc1ccc(NC(=O)/C(C#N)=C\NC2CC(C)(C)NC(C)(C)C2)cc1. The molecule has 1 fully saturated rings. The number of anilines is 1. The van der Waals surface area contributed by atoms with Gasteiger partial charge in [-0.1, -0.05) is 17.7 Å². The number of nitrogens with zero attached hydrogens (tertiary/aromatic N) is 1. The van der Waals surface area contributed by atoms with Crippen LogP contribution in [-0.4, -0.2) is 23.0 Å². The van der Waals surface area contributed by atoms with E-state index in [0.717, 1.165) is 18.4 Å². The Hall–Kier alpha value is -2.32. The maximum Gasteiger partial charge on any atom is 0.267 e. The highest BCUT2D eigenvalue weighted by Gasteiger charge is 2.37. The molecule has 1 aromatic rings. The molecule has 0 aromatic heterocycles. The summed E-state index contributed by atoms with van der Waals surface area (Å²) in [4.78, 5) is 12.3. The molecule has 1 amide bonds. The summed E-state index contributed by atoms with van der Waals surface area (Å²) in [6, 6.07) is 9.69. The van der Waals surface area contributed by atoms with Crippen molar-refractivity contribution in [1.82, 2.24) is 10.6 Å². The zero-order valence-electron chi connectivity index (χ0n) is 15.7. The molecule has 134 valence electrons. The summed E-state index contributed by atoms with van der Waals surface area (Å²) in [7, 11) is 0. The molecule has 2 rings (SSSR count). The van der Waals surface area contributed by atoms with E-state index in [1.165, 1.54) is 0 Å². The van der Waals surface area contributed by atoms with Gasteiger partial charge in [0.1, 0.15) is 11.6 Å². The number of nitrogens with one attached hydrogen (secondary N) is 3. The topological polar surface area (TPSA) is 77.0 Å². The van der Waals surface area contributed by atoms with Crippen molar-refractivity contribution in [3.05, 3.63) is 41.6 Å². The summed E-state index contributed by atoms with van der Waals surface area (Å²) in [6.07, 6.45) is 3.39. The lowest BCUT2D eigenvalue weighted by atomic mass is 9.80. The standard InChI is InChI=1S/C20H28N4O/c1-14-6-8-16(9-7-14)23-18(25)15(12-21)13-22-17-10-19(2,3)24-20(4,5)11-17/h6-9,13,17,22,24H,10-11H2,1-5H3,(H,23,25)/b15-13-. The second-order valence-corrected chi connectivity index (χ2v) is 8.15. The molecule has 5 heteroatoms. The molecule has 1 aromatic carbocycles. The van der Waals surface area contributed by atoms with Crippen molar-refractivity contribution in [2.24, 2.45) is 0 Å². The highest BCUT2D eigenvalue weighted by atomic mass is 16.1. The molecule has 0 radical (unpaired) electrons. The van der Waals surface area contributed by atoms with Gasteiger partial charge in [-0.25, -0.2) is 0 Å². The van der Waals surface area contributed by atoms with Crippen LogP contribution >= 0.6 is 0 Å². The van der Waals surface area contributed by atoms with Crippen molar-refractivity contribution >= 4 is 11.6 Å². The number of rotatable bonds is 4. The Morgan fingerprint density at radius 3 is 2.28 bits per heavy atom. The van der Waals surface area contributed by atoms with Crippen molar-refractivity contribution in [2.45, 2.75) is 64.6 Å². The number of nitriles is 1. The van der Waals surface area contributed by atoms with E-state index < -0.39 is 5.91 Å². The summed E-state index contributed by atoms with van der Waals surface area (Å²) in [5.74, 6) is -0.397. The molecule has 1 saturated heterocycles. The number of carbonyl (C=O) groups is 1. The molecule has 1 aliphatic heterocycles. The zero-order valence-corrected chi connectivity index (χ0v) is 15.7. The van der Waals surface area contributed by atoms with Crippen LogP contribution in [0.15, 0.2) is 36.0 Å². The van der Waals surface area contributed by atoms with E-state index in [1.54, 1.807) is 6.20 Å². The number of hydrogen-bond donors (Lipinski definition) is 3. The van der Waals surface area contributed by atoms with Crippen LogP contribution in [0.4, 0.5) is 5.69 Å². The third-order valence-corrected chi connectivity index (χ3v) is 4.33. The first-order valence-electron chi connectivity index (χ1n) is 8.64. The van der Waals surface area contributed by atoms with Gasteiger partial charge in [0.2, 0.25) is 0 Å². The third kappa shape index (κ3) is 5.61. The largest absolute Gasteiger partial charge is 0.387 e. The summed E-state index contributed by atoms with van der Waals surface area (Å²) in [6.45, 7) is 10.7. The first-order chi connectivity index (χ1) is 11.6. The molecule has 0 bridgehead atoms. The third-order valence-electron chi connectivity index (χ3n) is 4.33. The predicted molar refractivity (Wildman–Crippen MR) is 101 cm³/mol. The predicted octanol–water partition coefficient (Wildman–Crippen LogP) is 3.24. The Balaban J connectivity index is 2.03. The normalized spacial score (nSPS) is 19.8. The van der Waals surface area contributed by atoms with Crippen LogP contribution in [0, 0.1) is 18.3 Å². The van der Waals surface area contributed by atoms with E-state index in [2.05, 4.69) is 43.6 Å². The zero-order chi connectivity index (χ0) is 18.7. The number of benzene rings is 1. The van der Waals surface area contributed by atoms with Gasteiger partial charge in [0.25, 0.3) is 5.91 Å². The second kappa shape index (κ2) is 7.28. The van der Waals surface area contributed by atoms with Crippen LogP contribution < -0.4 is 16.0 Å². The maximum absolute atomic E-state index is 12.3. The highest BCUT2D eigenvalue weighted by Crippen LogP contribution is 2.28. The minimum absolute atomic E-state index is 0.00419. The fourth-order valence-corrected chi connectivity index (χ4v) is 3.63. The molecular formula is C20H28N4O. The molecule has 3 N–H and O–H groups in total. The average Bonchev–Trinajstić information content (AvgIpc) is 2.47. The van der Waals surface area contributed by atoms with Gasteiger partial charge in [0.05, 0.1) is 0 Å². The molecular weight excluding hydrogens is 312 g/mol. The van der Waals surface area contributed by atoms with E-state index >= 15 is 0 Å². The minimum atomic E-state index is -0.397. The number of hydrogen-bond acceptors (Lipinski definition) is 4. The summed E-state index contributed by atoms with van der Waals surface area (Å²) >= 11 is 0. The van der Waals surface area contributed by atoms with Crippen LogP contribution in [0.2, 0.25) is 0 Å². The molecule has 5 nitrogen and oxygen atoms in total. The van der Waals surface area contributed by atoms with Crippen molar-refractivity contribution in [2.75, 3.05) is 5.32 Å². The Morgan fingerprint density at radius 1 is 1.20 bits per heavy atom. The van der Waals surface area contributed by atoms with E-state index in [9.17, 15) is 10.1 Å². The van der Waals surface area contributed by atoms with E-state index in [0.29, 0.717) is 5.69 Å². The lowest BCUT2D eigenvalue weighted by Gasteiger charge is -2.46. The van der Waals surface area contributed by atoms with Gasteiger partial charge in [-0.2, -0.15) is 5.26 Å². The molecule has 1 aliphatic rings. The monoisotopic (exact) mass is 340 g/mol. The van der Waals surface area contributed by atoms with E-state index in [1.807, 2.05) is 37.3 Å². The lowest BCUT2D eigenvalue weighted by molar-refractivity contribution is -0.112. The van der Waals surface area contributed by atoms with E-state index in [4.69, 9.17) is 0 Å². The van der Waals surface area contributed by atoms with Crippen molar-refractivity contribution in [3.63, 3.8) is 0 Å². The van der Waals surface area contributed by atoms with Gasteiger partial charge in [-0.05, 0) is 59.6 Å². The molecule has 0 spiro atoms. The number of carbonyl (C=O) groups excluding carboxylic acids is 1. The fraction of sp³-hybridized carbons (Fsp3) is 0.500. The van der Waals surface area contributed by atoms with Gasteiger partial charge in [0, 0.05) is 29.0 Å². The Morgan fingerprint density at radius 2 is 1.76 bits per heavy atom. The van der Waals surface area contributed by atoms with Crippen LogP contribution in [0.1, 0.15) is 46.1 Å². The van der Waals surface area contributed by atoms with Gasteiger partial charge in [-0.3, -0.25) is 4.79 Å².